The summed E-state index contributed by atoms with van der Waals surface area (Å²) >= 11 is 0. The zero-order valence-electron chi connectivity index (χ0n) is 11.0. The Hall–Kier alpha value is 1.23. The zero-order chi connectivity index (χ0) is 11.5. The maximum Gasteiger partial charge on any atom is 2.00 e. The molecule has 1 radical (unpaired) electrons. The van der Waals surface area contributed by atoms with E-state index in [0.29, 0.717) is 5.92 Å². The second-order valence-electron chi connectivity index (χ2n) is 3.43. The van der Waals surface area contributed by atoms with E-state index in [9.17, 15) is 0 Å². The second kappa shape index (κ2) is 17.2. The number of allylic oxidation sites excluding steroid dienone is 4. The Balaban J connectivity index is -0.000000276. The van der Waals surface area contributed by atoms with Crippen LogP contribution in [0.4, 0.5) is 0 Å². The van der Waals surface area contributed by atoms with E-state index in [1.807, 2.05) is 19.9 Å². The average molecular weight is 478 g/mol. The first kappa shape index (κ1) is 23.3. The van der Waals surface area contributed by atoms with Crippen LogP contribution in [0.15, 0.2) is 17.7 Å². The third kappa shape index (κ3) is 12.0. The third-order valence-electron chi connectivity index (χ3n) is 2.35. The Morgan fingerprint density at radius 2 is 1.82 bits per heavy atom. The van der Waals surface area contributed by atoms with Gasteiger partial charge in [0, 0.05) is 32.7 Å². The van der Waals surface area contributed by atoms with Crippen LogP contribution in [-0.4, -0.2) is 13.1 Å². The standard InChI is InChI=1S/C11H17.C3H6N.W.Y/c1-5-9-11(8-4)10(6-2)7-3;1-2-4-3-1;;/h5,9-10H,2-3,6-7H2,1,4H3;1,4H,2-3H2;;/q-3;-1;+2;/b9-5-;;;. The molecule has 1 nitrogen and oxygen atoms in total. The van der Waals surface area contributed by atoms with Crippen LogP contribution >= 0.6 is 0 Å². The Morgan fingerprint density at radius 3 is 2.00 bits per heavy atom. The molecule has 1 N–H and O–H groups in total. The minimum Gasteiger partial charge on any atom is -0.376 e. The molecule has 95 valence electrons. The first-order valence-electron chi connectivity index (χ1n) is 5.58. The van der Waals surface area contributed by atoms with E-state index < -0.39 is 0 Å². The fourth-order valence-electron chi connectivity index (χ4n) is 1.20. The summed E-state index contributed by atoms with van der Waals surface area (Å²) in [5.74, 6) is 0.483. The van der Waals surface area contributed by atoms with Gasteiger partial charge < -0.3 is 25.6 Å². The maximum absolute atomic E-state index is 3.87. The van der Waals surface area contributed by atoms with Gasteiger partial charge in [-0.25, -0.2) is 11.6 Å². The predicted molar refractivity (Wildman–Crippen MR) is 67.9 cm³/mol. The zero-order valence-corrected chi connectivity index (χ0v) is 16.8. The second-order valence-corrected chi connectivity index (χ2v) is 3.43. The Morgan fingerprint density at radius 1 is 1.41 bits per heavy atom. The summed E-state index contributed by atoms with van der Waals surface area (Å²) in [5, 5.41) is 3.06. The van der Waals surface area contributed by atoms with E-state index >= 15 is 0 Å². The van der Waals surface area contributed by atoms with Crippen molar-refractivity contribution < 1.29 is 53.8 Å². The van der Waals surface area contributed by atoms with Crippen molar-refractivity contribution in [3.63, 3.8) is 0 Å². The van der Waals surface area contributed by atoms with Gasteiger partial charge in [-0.05, 0) is 0 Å². The van der Waals surface area contributed by atoms with Crippen LogP contribution in [0.5, 0.6) is 0 Å². The van der Waals surface area contributed by atoms with Gasteiger partial charge in [-0.15, -0.1) is 25.9 Å². The van der Waals surface area contributed by atoms with E-state index in [4.69, 9.17) is 0 Å². The van der Waals surface area contributed by atoms with Crippen LogP contribution < -0.4 is 5.32 Å². The van der Waals surface area contributed by atoms with Crippen molar-refractivity contribution in [2.75, 3.05) is 13.1 Å². The van der Waals surface area contributed by atoms with Crippen molar-refractivity contribution in [1.82, 2.24) is 5.32 Å². The average Bonchev–Trinajstić information content (AvgIpc) is 2.15. The van der Waals surface area contributed by atoms with Gasteiger partial charge in [0.15, 0.2) is 0 Å². The third-order valence-corrected chi connectivity index (χ3v) is 2.35. The summed E-state index contributed by atoms with van der Waals surface area (Å²) in [5.41, 5.74) is 1.23. The topological polar surface area (TPSA) is 12.0 Å². The van der Waals surface area contributed by atoms with Gasteiger partial charge in [-0.3, -0.25) is 6.08 Å². The van der Waals surface area contributed by atoms with Crippen molar-refractivity contribution in [3.8, 4) is 0 Å². The molecule has 0 atom stereocenters. The smallest absolute Gasteiger partial charge is 0.376 e. The molecule has 1 aliphatic heterocycles. The molecule has 1 heterocycles. The molecule has 0 aromatic rings. The van der Waals surface area contributed by atoms with Crippen LogP contribution in [0.3, 0.4) is 0 Å². The maximum atomic E-state index is 3.87. The van der Waals surface area contributed by atoms with E-state index in [1.54, 1.807) is 0 Å². The van der Waals surface area contributed by atoms with Crippen LogP contribution in [-0.2, 0) is 53.8 Å². The molecule has 0 amide bonds. The Labute approximate surface area is 147 Å². The van der Waals surface area contributed by atoms with Crippen LogP contribution in [0, 0.1) is 32.3 Å². The van der Waals surface area contributed by atoms with Gasteiger partial charge in [-0.2, -0.15) is 18.9 Å². The van der Waals surface area contributed by atoms with Crippen molar-refractivity contribution >= 4 is 0 Å². The van der Waals surface area contributed by atoms with E-state index in [-0.39, 0.29) is 53.8 Å². The Bertz CT molecular complexity index is 190. The van der Waals surface area contributed by atoms with Crippen LogP contribution in [0.2, 0.25) is 0 Å². The molecule has 3 heteroatoms. The monoisotopic (exact) mass is 478 g/mol. The summed E-state index contributed by atoms with van der Waals surface area (Å²) in [7, 11) is 0. The summed E-state index contributed by atoms with van der Waals surface area (Å²) in [6, 6.07) is 0. The van der Waals surface area contributed by atoms with E-state index in [0.717, 1.165) is 25.9 Å². The van der Waals surface area contributed by atoms with Crippen molar-refractivity contribution in [1.29, 1.82) is 0 Å². The minimum atomic E-state index is 0. The van der Waals surface area contributed by atoms with E-state index in [2.05, 4.69) is 37.7 Å². The van der Waals surface area contributed by atoms with Crippen LogP contribution in [0.1, 0.15) is 26.7 Å². The number of nitrogens with one attached hydrogen (secondary N) is 1. The number of hydrogen-bond acceptors (Lipinski definition) is 1. The van der Waals surface area contributed by atoms with Gasteiger partial charge >= 0.3 is 21.1 Å². The van der Waals surface area contributed by atoms with Gasteiger partial charge in [0.1, 0.15) is 0 Å². The SMILES string of the molecule is [CH-]1CNC1.[CH2-]CC(C[CH2-])C(=[C-]C)/C=C\C.[W+2].[Y]. The molecular formula is C14H23NWY-2. The summed E-state index contributed by atoms with van der Waals surface area (Å²) < 4.78 is 0. The summed E-state index contributed by atoms with van der Waals surface area (Å²) in [4.78, 5) is 0. The molecular weight excluding hydrogens is 455 g/mol. The van der Waals surface area contributed by atoms with Gasteiger partial charge in [-0.1, -0.05) is 6.92 Å². The predicted octanol–water partition coefficient (Wildman–Crippen LogP) is 3.17. The summed E-state index contributed by atoms with van der Waals surface area (Å²) in [6.07, 6.45) is 11.3. The molecule has 0 bridgehead atoms. The largest absolute Gasteiger partial charge is 2.00 e. The first-order valence-corrected chi connectivity index (χ1v) is 5.58. The number of hydrogen-bond donors (Lipinski definition) is 1. The Kier molecular flexibility index (Phi) is 23.7. The molecule has 0 saturated carbocycles. The first-order chi connectivity index (χ1) is 7.29. The molecule has 0 aliphatic carbocycles. The molecule has 0 aromatic carbocycles. The summed E-state index contributed by atoms with van der Waals surface area (Å²) in [6.45, 7) is 13.9. The quantitative estimate of drug-likeness (QED) is 0.484. The molecule has 1 fully saturated rings. The van der Waals surface area contributed by atoms with Gasteiger partial charge in [0.25, 0.3) is 0 Å². The fraction of sp³-hybridized carbons (Fsp3) is 0.500. The van der Waals surface area contributed by atoms with Crippen molar-refractivity contribution in [2.45, 2.75) is 26.7 Å². The van der Waals surface area contributed by atoms with Crippen LogP contribution in [0.25, 0.3) is 0 Å². The van der Waals surface area contributed by atoms with Crippen molar-refractivity contribution in [2.24, 2.45) is 5.92 Å². The molecule has 0 aromatic heterocycles. The van der Waals surface area contributed by atoms with Gasteiger partial charge in [0.05, 0.1) is 0 Å². The normalized spacial score (nSPS) is 14.3. The molecule has 0 spiro atoms. The molecule has 1 rings (SSSR count). The van der Waals surface area contributed by atoms with Gasteiger partial charge in [0.2, 0.25) is 0 Å². The molecule has 1 aliphatic rings. The molecule has 17 heavy (non-hydrogen) atoms. The molecule has 1 saturated heterocycles. The molecule has 0 unspecified atom stereocenters. The van der Waals surface area contributed by atoms with E-state index in [1.165, 1.54) is 5.57 Å². The fourth-order valence-corrected chi connectivity index (χ4v) is 1.20. The number of rotatable bonds is 4. The van der Waals surface area contributed by atoms with Crippen molar-refractivity contribution in [3.05, 3.63) is 44.1 Å². The minimum absolute atomic E-state index is 0.